The lowest BCUT2D eigenvalue weighted by Crippen LogP contribution is -2.09. The lowest BCUT2D eigenvalue weighted by molar-refractivity contribution is 0.174. The Balaban J connectivity index is 1.50. The zero-order valence-electron chi connectivity index (χ0n) is 17.9. The summed E-state index contributed by atoms with van der Waals surface area (Å²) in [6.45, 7) is 0.846. The maximum absolute atomic E-state index is 5.45. The molecule has 0 aliphatic carbocycles. The Morgan fingerprint density at radius 1 is 1.09 bits per heavy atom. The van der Waals surface area contributed by atoms with Gasteiger partial charge in [-0.3, -0.25) is 4.57 Å². The largest absolute Gasteiger partial charge is 0.497 e. The van der Waals surface area contributed by atoms with E-state index in [0.29, 0.717) is 24.6 Å². The van der Waals surface area contributed by atoms with E-state index in [9.17, 15) is 0 Å². The first-order valence-corrected chi connectivity index (χ1v) is 10.3. The maximum atomic E-state index is 5.45. The summed E-state index contributed by atoms with van der Waals surface area (Å²) in [5.74, 6) is 8.61. The zero-order chi connectivity index (χ0) is 22.4. The van der Waals surface area contributed by atoms with Crippen LogP contribution in [0.1, 0.15) is 22.8 Å². The van der Waals surface area contributed by atoms with Gasteiger partial charge >= 0.3 is 0 Å². The number of benzene rings is 1. The SMILES string of the molecule is COCc1nnc2n1Cc1c(C#Cc3cnc4occc4c3)ncn1-c1ccc(OC)cc1-2. The predicted octanol–water partition coefficient (Wildman–Crippen LogP) is 3.19. The molecular formula is C24H18N6O3. The van der Waals surface area contributed by atoms with Gasteiger partial charge < -0.3 is 18.5 Å². The van der Waals surface area contributed by atoms with Gasteiger partial charge in [0.2, 0.25) is 5.71 Å². The number of hydrogen-bond acceptors (Lipinski definition) is 7. The summed E-state index contributed by atoms with van der Waals surface area (Å²) >= 11 is 0. The molecule has 9 heteroatoms. The van der Waals surface area contributed by atoms with E-state index in [1.165, 1.54) is 0 Å². The van der Waals surface area contributed by atoms with Gasteiger partial charge in [0.15, 0.2) is 11.6 Å². The van der Waals surface area contributed by atoms with Crippen LogP contribution in [0, 0.1) is 11.8 Å². The van der Waals surface area contributed by atoms with Crippen molar-refractivity contribution in [1.29, 1.82) is 0 Å². The van der Waals surface area contributed by atoms with Crippen molar-refractivity contribution in [2.45, 2.75) is 13.2 Å². The van der Waals surface area contributed by atoms with Crippen molar-refractivity contribution in [1.82, 2.24) is 29.3 Å². The van der Waals surface area contributed by atoms with E-state index in [0.717, 1.165) is 45.3 Å². The summed E-state index contributed by atoms with van der Waals surface area (Å²) in [7, 11) is 3.28. The van der Waals surface area contributed by atoms with Crippen LogP contribution in [-0.4, -0.2) is 43.5 Å². The molecule has 0 unspecified atom stereocenters. The standard InChI is InChI=1S/C24H18N6O3/c1-31-13-22-27-28-23-18-10-17(32-2)4-6-20(18)30-14-26-19(21(30)12-29(22)23)5-3-15-9-16-7-8-33-24(16)25-11-15/h4,6-11,14H,12-13H2,1-2H3. The van der Waals surface area contributed by atoms with Crippen LogP contribution in [0.2, 0.25) is 0 Å². The Morgan fingerprint density at radius 3 is 2.91 bits per heavy atom. The quantitative estimate of drug-likeness (QED) is 0.392. The topological polar surface area (TPSA) is 93.0 Å². The highest BCUT2D eigenvalue weighted by atomic mass is 16.5. The third kappa shape index (κ3) is 3.16. The number of aromatic nitrogens is 6. The van der Waals surface area contributed by atoms with Crippen molar-refractivity contribution in [2.75, 3.05) is 14.2 Å². The minimum absolute atomic E-state index is 0.345. The zero-order valence-corrected chi connectivity index (χ0v) is 17.9. The molecule has 6 rings (SSSR count). The van der Waals surface area contributed by atoms with E-state index in [1.54, 1.807) is 33.0 Å². The van der Waals surface area contributed by atoms with Crippen LogP contribution in [0.5, 0.6) is 5.75 Å². The predicted molar refractivity (Wildman–Crippen MR) is 119 cm³/mol. The van der Waals surface area contributed by atoms with Gasteiger partial charge in [0.25, 0.3) is 0 Å². The number of methoxy groups -OCH3 is 2. The Kier molecular flexibility index (Phi) is 4.45. The molecule has 9 nitrogen and oxygen atoms in total. The Hall–Kier alpha value is -4.42. The van der Waals surface area contributed by atoms with Crippen LogP contribution in [0.3, 0.4) is 0 Å². The second-order valence-corrected chi connectivity index (χ2v) is 7.54. The van der Waals surface area contributed by atoms with E-state index in [4.69, 9.17) is 13.9 Å². The molecule has 5 aromatic rings. The van der Waals surface area contributed by atoms with Crippen molar-refractivity contribution in [3.8, 4) is 34.7 Å². The van der Waals surface area contributed by atoms with Gasteiger partial charge in [-0.05, 0) is 36.3 Å². The highest BCUT2D eigenvalue weighted by molar-refractivity contribution is 5.75. The second kappa shape index (κ2) is 7.62. The maximum Gasteiger partial charge on any atom is 0.225 e. The van der Waals surface area contributed by atoms with E-state index < -0.39 is 0 Å². The van der Waals surface area contributed by atoms with E-state index in [-0.39, 0.29) is 0 Å². The van der Waals surface area contributed by atoms with Crippen LogP contribution in [0.4, 0.5) is 0 Å². The molecule has 0 amide bonds. The van der Waals surface area contributed by atoms with Gasteiger partial charge in [-0.2, -0.15) is 0 Å². The summed E-state index contributed by atoms with van der Waals surface area (Å²) in [5, 5.41) is 9.71. The summed E-state index contributed by atoms with van der Waals surface area (Å²) in [5.41, 5.74) is 4.82. The first-order chi connectivity index (χ1) is 16.2. The second-order valence-electron chi connectivity index (χ2n) is 7.54. The van der Waals surface area contributed by atoms with Gasteiger partial charge in [0.1, 0.15) is 24.4 Å². The van der Waals surface area contributed by atoms with Crippen molar-refractivity contribution >= 4 is 11.1 Å². The molecule has 1 aromatic carbocycles. The number of pyridine rings is 1. The molecule has 0 spiro atoms. The molecule has 0 bridgehead atoms. The number of rotatable bonds is 3. The molecule has 0 radical (unpaired) electrons. The van der Waals surface area contributed by atoms with E-state index >= 15 is 0 Å². The lowest BCUT2D eigenvalue weighted by atomic mass is 10.1. The van der Waals surface area contributed by atoms with Crippen molar-refractivity contribution < 1.29 is 13.9 Å². The minimum atomic E-state index is 0.345. The monoisotopic (exact) mass is 438 g/mol. The Bertz CT molecular complexity index is 1570. The smallest absolute Gasteiger partial charge is 0.225 e. The molecular weight excluding hydrogens is 420 g/mol. The highest BCUT2D eigenvalue weighted by Crippen LogP contribution is 2.34. The molecule has 1 aliphatic heterocycles. The summed E-state index contributed by atoms with van der Waals surface area (Å²) < 4.78 is 20.2. The van der Waals surface area contributed by atoms with Gasteiger partial charge in [0, 0.05) is 29.8 Å². The van der Waals surface area contributed by atoms with Gasteiger partial charge in [-0.25, -0.2) is 9.97 Å². The molecule has 0 saturated carbocycles. The normalized spacial score (nSPS) is 11.8. The van der Waals surface area contributed by atoms with Crippen LogP contribution < -0.4 is 4.74 Å². The number of ether oxygens (including phenoxy) is 2. The Morgan fingerprint density at radius 2 is 2.03 bits per heavy atom. The fourth-order valence-corrected chi connectivity index (χ4v) is 4.01. The summed E-state index contributed by atoms with van der Waals surface area (Å²) in [6.07, 6.45) is 5.10. The van der Waals surface area contributed by atoms with Crippen LogP contribution in [0.25, 0.3) is 28.2 Å². The summed E-state index contributed by atoms with van der Waals surface area (Å²) in [6, 6.07) is 9.68. The van der Waals surface area contributed by atoms with Crippen LogP contribution in [0.15, 0.2) is 53.5 Å². The Labute approximate surface area is 188 Å². The first-order valence-electron chi connectivity index (χ1n) is 10.3. The molecule has 0 N–H and O–H groups in total. The average Bonchev–Trinajstić information content (AvgIpc) is 3.55. The minimum Gasteiger partial charge on any atom is -0.497 e. The first kappa shape index (κ1) is 19.3. The molecule has 0 saturated heterocycles. The summed E-state index contributed by atoms with van der Waals surface area (Å²) in [4.78, 5) is 8.92. The average molecular weight is 438 g/mol. The van der Waals surface area contributed by atoms with E-state index in [2.05, 4.69) is 32.0 Å². The van der Waals surface area contributed by atoms with Crippen LogP contribution in [-0.2, 0) is 17.9 Å². The fraction of sp³-hybridized carbons (Fsp3) is 0.167. The highest BCUT2D eigenvalue weighted by Gasteiger charge is 2.26. The molecule has 0 fully saturated rings. The molecule has 0 atom stereocenters. The van der Waals surface area contributed by atoms with Gasteiger partial charge in [-0.15, -0.1) is 10.2 Å². The van der Waals surface area contributed by atoms with Gasteiger partial charge in [-0.1, -0.05) is 5.92 Å². The molecule has 33 heavy (non-hydrogen) atoms. The van der Waals surface area contributed by atoms with Crippen molar-refractivity contribution in [2.24, 2.45) is 0 Å². The molecule has 5 heterocycles. The van der Waals surface area contributed by atoms with Crippen LogP contribution >= 0.6 is 0 Å². The third-order valence-corrected chi connectivity index (χ3v) is 5.61. The van der Waals surface area contributed by atoms with Crippen molar-refractivity contribution in [3.05, 3.63) is 71.9 Å². The molecule has 162 valence electrons. The third-order valence-electron chi connectivity index (χ3n) is 5.61. The number of imidazole rings is 1. The lowest BCUT2D eigenvalue weighted by Gasteiger charge is -2.09. The molecule has 1 aliphatic rings. The number of furan rings is 1. The van der Waals surface area contributed by atoms with E-state index in [1.807, 2.05) is 39.5 Å². The van der Waals surface area contributed by atoms with Gasteiger partial charge in [0.05, 0.1) is 31.3 Å². The number of nitrogens with zero attached hydrogens (tertiary/aromatic N) is 6. The van der Waals surface area contributed by atoms with Crippen molar-refractivity contribution in [3.63, 3.8) is 0 Å². The number of fused-ring (bicyclic) bond motifs is 6. The number of hydrogen-bond donors (Lipinski definition) is 0. The fourth-order valence-electron chi connectivity index (χ4n) is 4.01. The molecule has 4 aromatic heterocycles.